The molecule has 100 valence electrons. The van der Waals surface area contributed by atoms with Crippen molar-refractivity contribution in [2.75, 3.05) is 10.7 Å². The number of H-pyrrole nitrogens is 1. The summed E-state index contributed by atoms with van der Waals surface area (Å²) in [5, 5.41) is 9.74. The number of aromatic amines is 1. The number of hydrogen-bond acceptors (Lipinski definition) is 5. The van der Waals surface area contributed by atoms with E-state index in [0.29, 0.717) is 22.8 Å². The first kappa shape index (κ1) is 13.3. The van der Waals surface area contributed by atoms with E-state index < -0.39 is 0 Å². The molecule has 0 saturated carbocycles. The number of nitrogens with two attached hydrogens (primary N) is 1. The molecule has 7 nitrogen and oxygen atoms in total. The van der Waals surface area contributed by atoms with Crippen LogP contribution in [0, 0.1) is 13.8 Å². The first-order valence-corrected chi connectivity index (χ1v) is 5.86. The lowest BCUT2D eigenvalue weighted by Crippen LogP contribution is -2.15. The molecule has 1 amide bonds. The number of carbonyl (C=O) groups excluding carboxylic acids is 1. The first-order chi connectivity index (χ1) is 9.01. The van der Waals surface area contributed by atoms with Crippen LogP contribution in [0.1, 0.15) is 21.7 Å². The highest BCUT2D eigenvalue weighted by Crippen LogP contribution is 2.19. The largest absolute Gasteiger partial charge is 0.319 e. The zero-order chi connectivity index (χ0) is 14.0. The Bertz CT molecular complexity index is 604. The molecule has 8 heteroatoms. The zero-order valence-corrected chi connectivity index (χ0v) is 11.2. The quantitative estimate of drug-likeness (QED) is 0.388. The van der Waals surface area contributed by atoms with Crippen LogP contribution in [0.15, 0.2) is 12.1 Å². The van der Waals surface area contributed by atoms with Gasteiger partial charge in [-0.15, -0.1) is 0 Å². The smallest absolute Gasteiger partial charge is 0.256 e. The number of nitrogens with one attached hydrogen (secondary N) is 3. The average Bonchev–Trinajstić information content (AvgIpc) is 2.69. The predicted octanol–water partition coefficient (Wildman–Crippen LogP) is 1.61. The number of nitrogens with zero attached hydrogens (tertiary/aromatic N) is 2. The molecule has 0 aliphatic carbocycles. The molecule has 2 aromatic heterocycles. The number of carbonyl (C=O) groups is 1. The number of amides is 1. The van der Waals surface area contributed by atoms with Gasteiger partial charge in [0.05, 0.1) is 17.1 Å². The Morgan fingerprint density at radius 3 is 2.74 bits per heavy atom. The number of aromatic nitrogens is 3. The maximum absolute atomic E-state index is 12.1. The van der Waals surface area contributed by atoms with Gasteiger partial charge in [-0.2, -0.15) is 5.10 Å². The maximum atomic E-state index is 12.1. The molecule has 0 aromatic carbocycles. The summed E-state index contributed by atoms with van der Waals surface area (Å²) < 4.78 is 0. The van der Waals surface area contributed by atoms with Crippen LogP contribution in [0.2, 0.25) is 5.15 Å². The molecule has 2 rings (SSSR count). The van der Waals surface area contributed by atoms with Crippen LogP contribution in [0.5, 0.6) is 0 Å². The lowest BCUT2D eigenvalue weighted by molar-refractivity contribution is 0.102. The minimum atomic E-state index is -0.312. The van der Waals surface area contributed by atoms with Crippen molar-refractivity contribution in [1.29, 1.82) is 0 Å². The Balaban J connectivity index is 2.28. The van der Waals surface area contributed by atoms with E-state index in [-0.39, 0.29) is 11.1 Å². The van der Waals surface area contributed by atoms with Crippen LogP contribution in [-0.2, 0) is 0 Å². The molecule has 0 bridgehead atoms. The highest BCUT2D eigenvalue weighted by molar-refractivity contribution is 6.30. The van der Waals surface area contributed by atoms with E-state index in [9.17, 15) is 4.79 Å². The van der Waals surface area contributed by atoms with Crippen molar-refractivity contribution in [3.05, 3.63) is 34.2 Å². The standard InChI is InChI=1S/C11H13ClN6O/c1-5-10(6(2)18-17-5)15-11(19)7-3-8(12)14-9(4-7)16-13/h3-4H,13H2,1-2H3,(H,14,16)(H,15,19)(H,17,18). The van der Waals surface area contributed by atoms with Gasteiger partial charge in [0.25, 0.3) is 5.91 Å². The number of aryl methyl sites for hydroxylation is 2. The second kappa shape index (κ2) is 5.25. The molecule has 0 unspecified atom stereocenters. The van der Waals surface area contributed by atoms with E-state index in [4.69, 9.17) is 17.4 Å². The highest BCUT2D eigenvalue weighted by atomic mass is 35.5. The Morgan fingerprint density at radius 1 is 1.42 bits per heavy atom. The Morgan fingerprint density at radius 2 is 2.16 bits per heavy atom. The fourth-order valence-corrected chi connectivity index (χ4v) is 1.83. The Labute approximate surface area is 114 Å². The topological polar surface area (TPSA) is 109 Å². The van der Waals surface area contributed by atoms with E-state index in [2.05, 4.69) is 25.9 Å². The van der Waals surface area contributed by atoms with Gasteiger partial charge in [-0.1, -0.05) is 11.6 Å². The van der Waals surface area contributed by atoms with Gasteiger partial charge in [0.15, 0.2) is 0 Å². The van der Waals surface area contributed by atoms with Crippen LogP contribution >= 0.6 is 11.6 Å². The molecule has 0 atom stereocenters. The number of nitrogen functional groups attached to an aromatic ring is 1. The lowest BCUT2D eigenvalue weighted by Gasteiger charge is -2.07. The molecule has 0 aliphatic heterocycles. The van der Waals surface area contributed by atoms with Gasteiger partial charge in [-0.3, -0.25) is 9.89 Å². The van der Waals surface area contributed by atoms with Crippen molar-refractivity contribution in [3.63, 3.8) is 0 Å². The number of rotatable bonds is 3. The Kier molecular flexibility index (Phi) is 3.68. The van der Waals surface area contributed by atoms with Crippen molar-refractivity contribution in [2.24, 2.45) is 5.84 Å². The number of hydrogen-bond donors (Lipinski definition) is 4. The van der Waals surface area contributed by atoms with Gasteiger partial charge in [-0.25, -0.2) is 10.8 Å². The normalized spacial score (nSPS) is 10.3. The van der Waals surface area contributed by atoms with Crippen LogP contribution < -0.4 is 16.6 Å². The zero-order valence-electron chi connectivity index (χ0n) is 10.4. The molecule has 2 heterocycles. The van der Waals surface area contributed by atoms with E-state index >= 15 is 0 Å². The molecule has 0 spiro atoms. The minimum absolute atomic E-state index is 0.182. The molecule has 0 fully saturated rings. The predicted molar refractivity (Wildman–Crippen MR) is 73.1 cm³/mol. The summed E-state index contributed by atoms with van der Waals surface area (Å²) in [5.74, 6) is 5.26. The summed E-state index contributed by atoms with van der Waals surface area (Å²) in [6.45, 7) is 3.62. The van der Waals surface area contributed by atoms with Gasteiger partial charge in [-0.05, 0) is 26.0 Å². The van der Waals surface area contributed by atoms with Gasteiger partial charge in [0.2, 0.25) is 0 Å². The highest BCUT2D eigenvalue weighted by Gasteiger charge is 2.13. The van der Waals surface area contributed by atoms with Crippen LogP contribution in [0.3, 0.4) is 0 Å². The fraction of sp³-hybridized carbons (Fsp3) is 0.182. The summed E-state index contributed by atoms with van der Waals surface area (Å²) in [5.41, 5.74) is 4.85. The number of pyridine rings is 1. The van der Waals surface area contributed by atoms with Crippen LogP contribution in [-0.4, -0.2) is 21.1 Å². The van der Waals surface area contributed by atoms with Crippen molar-refractivity contribution < 1.29 is 4.79 Å². The molecular weight excluding hydrogens is 268 g/mol. The first-order valence-electron chi connectivity index (χ1n) is 5.48. The van der Waals surface area contributed by atoms with Gasteiger partial charge in [0.1, 0.15) is 11.0 Å². The third-order valence-electron chi connectivity index (χ3n) is 2.57. The van der Waals surface area contributed by atoms with E-state index in [1.54, 1.807) is 6.92 Å². The SMILES string of the molecule is Cc1n[nH]c(C)c1NC(=O)c1cc(Cl)nc(NN)c1. The fourth-order valence-electron chi connectivity index (χ4n) is 1.62. The second-order valence-corrected chi connectivity index (χ2v) is 4.36. The van der Waals surface area contributed by atoms with Crippen LogP contribution in [0.4, 0.5) is 11.5 Å². The number of anilines is 2. The van der Waals surface area contributed by atoms with Crippen LogP contribution in [0.25, 0.3) is 0 Å². The van der Waals surface area contributed by atoms with Gasteiger partial charge < -0.3 is 10.7 Å². The summed E-state index contributed by atoms with van der Waals surface area (Å²) >= 11 is 5.81. The second-order valence-electron chi connectivity index (χ2n) is 3.97. The molecule has 0 aliphatic rings. The molecular formula is C11H13ClN6O. The van der Waals surface area contributed by atoms with E-state index in [0.717, 1.165) is 5.69 Å². The summed E-state index contributed by atoms with van der Waals surface area (Å²) in [6.07, 6.45) is 0. The van der Waals surface area contributed by atoms with Crippen molar-refractivity contribution >= 4 is 29.0 Å². The molecule has 2 aromatic rings. The van der Waals surface area contributed by atoms with E-state index in [1.165, 1.54) is 12.1 Å². The monoisotopic (exact) mass is 280 g/mol. The average molecular weight is 281 g/mol. The lowest BCUT2D eigenvalue weighted by atomic mass is 10.2. The molecule has 5 N–H and O–H groups in total. The third kappa shape index (κ3) is 2.83. The van der Waals surface area contributed by atoms with Gasteiger partial charge in [0, 0.05) is 5.56 Å². The summed E-state index contributed by atoms with van der Waals surface area (Å²) in [4.78, 5) is 16.0. The maximum Gasteiger partial charge on any atom is 0.256 e. The summed E-state index contributed by atoms with van der Waals surface area (Å²) in [6, 6.07) is 2.97. The Hall–Kier alpha value is -2.12. The third-order valence-corrected chi connectivity index (χ3v) is 2.76. The minimum Gasteiger partial charge on any atom is -0.319 e. The number of halogens is 1. The van der Waals surface area contributed by atoms with Gasteiger partial charge >= 0.3 is 0 Å². The van der Waals surface area contributed by atoms with Crippen molar-refractivity contribution in [2.45, 2.75) is 13.8 Å². The number of hydrazine groups is 1. The van der Waals surface area contributed by atoms with E-state index in [1.807, 2.05) is 6.92 Å². The van der Waals surface area contributed by atoms with Crippen molar-refractivity contribution in [1.82, 2.24) is 15.2 Å². The van der Waals surface area contributed by atoms with Crippen molar-refractivity contribution in [3.8, 4) is 0 Å². The molecule has 19 heavy (non-hydrogen) atoms. The summed E-state index contributed by atoms with van der Waals surface area (Å²) in [7, 11) is 0. The molecule has 0 radical (unpaired) electrons. The molecule has 0 saturated heterocycles.